The van der Waals surface area contributed by atoms with Crippen LogP contribution in [0.5, 0.6) is 0 Å². The molecule has 244 valence electrons. The Hall–Kier alpha value is -4.59. The van der Waals surface area contributed by atoms with Gasteiger partial charge in [-0.3, -0.25) is 19.4 Å². The number of nitrogens with one attached hydrogen (secondary N) is 1. The zero-order chi connectivity index (χ0) is 32.1. The highest BCUT2D eigenvalue weighted by molar-refractivity contribution is 6.06. The fourth-order valence-corrected chi connectivity index (χ4v) is 7.43. The number of piperazine rings is 1. The molecule has 0 spiro atoms. The van der Waals surface area contributed by atoms with Crippen LogP contribution in [0.3, 0.4) is 0 Å². The minimum Gasteiger partial charge on any atom is -0.392 e. The maximum Gasteiger partial charge on any atom is 0.276 e. The molecule has 13 nitrogen and oxygen atoms in total. The van der Waals surface area contributed by atoms with Gasteiger partial charge in [0.1, 0.15) is 29.4 Å². The van der Waals surface area contributed by atoms with Crippen LogP contribution >= 0.6 is 0 Å². The van der Waals surface area contributed by atoms with E-state index in [9.17, 15) is 14.7 Å². The number of hydrogen-bond acceptors (Lipinski definition) is 10. The van der Waals surface area contributed by atoms with Gasteiger partial charge in [0.25, 0.3) is 11.5 Å². The lowest BCUT2D eigenvalue weighted by molar-refractivity contribution is -0.145. The Morgan fingerprint density at radius 3 is 2.55 bits per heavy atom. The summed E-state index contributed by atoms with van der Waals surface area (Å²) in [6.07, 6.45) is 10.7. The maximum atomic E-state index is 13.9. The van der Waals surface area contributed by atoms with Crippen molar-refractivity contribution in [3.63, 3.8) is 0 Å². The van der Waals surface area contributed by atoms with E-state index in [0.29, 0.717) is 52.9 Å². The van der Waals surface area contributed by atoms with Crippen molar-refractivity contribution in [3.05, 3.63) is 75.7 Å². The molecule has 1 unspecified atom stereocenters. The number of hydrogen-bond donors (Lipinski definition) is 2. The first kappa shape index (κ1) is 29.8. The number of nitrogens with zero attached hydrogens (tertiary/aromatic N) is 8. The Bertz CT molecular complexity index is 1870. The minimum atomic E-state index is -0.364. The molecule has 4 aromatic rings. The molecule has 2 saturated heterocycles. The first-order chi connectivity index (χ1) is 23.0. The fourth-order valence-electron chi connectivity index (χ4n) is 7.43. The number of aliphatic hydroxyl groups excluding tert-OH is 1. The summed E-state index contributed by atoms with van der Waals surface area (Å²) in [7, 11) is 1.69. The van der Waals surface area contributed by atoms with Gasteiger partial charge in [-0.15, -0.1) is 0 Å². The molecule has 0 radical (unpaired) electrons. The predicted molar refractivity (Wildman–Crippen MR) is 177 cm³/mol. The van der Waals surface area contributed by atoms with Crippen LogP contribution in [0.15, 0.2) is 47.7 Å². The highest BCUT2D eigenvalue weighted by Crippen LogP contribution is 2.37. The molecule has 0 aromatic carbocycles. The molecule has 8 rings (SSSR count). The van der Waals surface area contributed by atoms with E-state index in [1.165, 1.54) is 21.9 Å². The monoisotopic (exact) mass is 637 g/mol. The van der Waals surface area contributed by atoms with E-state index in [0.717, 1.165) is 70.7 Å². The number of rotatable bonds is 7. The van der Waals surface area contributed by atoms with Crippen molar-refractivity contribution in [1.82, 2.24) is 29.0 Å². The number of aliphatic hydroxyl groups is 1. The third-order valence-corrected chi connectivity index (χ3v) is 10.1. The average Bonchev–Trinajstić information content (AvgIpc) is 3.46. The summed E-state index contributed by atoms with van der Waals surface area (Å²) < 4.78 is 9.33. The zero-order valence-corrected chi connectivity index (χ0v) is 26.6. The number of pyridine rings is 2. The highest BCUT2D eigenvalue weighted by atomic mass is 16.5. The number of amides is 1. The van der Waals surface area contributed by atoms with E-state index < -0.39 is 0 Å². The second-order valence-electron chi connectivity index (χ2n) is 12.7. The second-order valence-corrected chi connectivity index (χ2v) is 12.7. The van der Waals surface area contributed by atoms with Gasteiger partial charge >= 0.3 is 0 Å². The molecule has 47 heavy (non-hydrogen) atoms. The Labute approximate surface area is 272 Å². The van der Waals surface area contributed by atoms with E-state index in [2.05, 4.69) is 29.7 Å². The van der Waals surface area contributed by atoms with Crippen LogP contribution in [0, 0.1) is 0 Å². The van der Waals surface area contributed by atoms with Crippen LogP contribution in [0.25, 0.3) is 11.3 Å². The lowest BCUT2D eigenvalue weighted by Crippen LogP contribution is -2.54. The van der Waals surface area contributed by atoms with Crippen LogP contribution in [-0.4, -0.2) is 85.6 Å². The normalized spacial score (nSPS) is 19.7. The average molecular weight is 638 g/mol. The number of fused-ring (bicyclic) bond motifs is 3. The number of aryl methyl sites for hydroxylation is 1. The molecule has 1 aliphatic carbocycles. The summed E-state index contributed by atoms with van der Waals surface area (Å²) in [6.45, 7) is 5.16. The summed E-state index contributed by atoms with van der Waals surface area (Å²) in [5.41, 5.74) is 5.24. The lowest BCUT2D eigenvalue weighted by atomic mass is 9.98. The van der Waals surface area contributed by atoms with Crippen molar-refractivity contribution in [3.8, 4) is 11.3 Å². The van der Waals surface area contributed by atoms with Gasteiger partial charge in [0.15, 0.2) is 0 Å². The van der Waals surface area contributed by atoms with E-state index >= 15 is 0 Å². The molecule has 0 bridgehead atoms. The molecule has 7 heterocycles. The first-order valence-corrected chi connectivity index (χ1v) is 16.5. The predicted octanol–water partition coefficient (Wildman–Crippen LogP) is 2.68. The summed E-state index contributed by atoms with van der Waals surface area (Å²) >= 11 is 0. The van der Waals surface area contributed by atoms with Crippen molar-refractivity contribution >= 4 is 29.0 Å². The number of ether oxygens (including phenoxy) is 1. The number of carbonyl (C=O) groups is 1. The van der Waals surface area contributed by atoms with E-state index in [1.54, 1.807) is 42.7 Å². The van der Waals surface area contributed by atoms with Gasteiger partial charge in [0.05, 0.1) is 37.0 Å². The second kappa shape index (κ2) is 12.2. The molecular weight excluding hydrogens is 598 g/mol. The summed E-state index contributed by atoms with van der Waals surface area (Å²) in [6, 6.07) is 7.00. The molecule has 13 heteroatoms. The van der Waals surface area contributed by atoms with Crippen LogP contribution in [0.2, 0.25) is 0 Å². The van der Waals surface area contributed by atoms with Gasteiger partial charge in [-0.05, 0) is 49.4 Å². The quantitative estimate of drug-likeness (QED) is 0.312. The third kappa shape index (κ3) is 5.28. The van der Waals surface area contributed by atoms with Gasteiger partial charge < -0.3 is 29.2 Å². The van der Waals surface area contributed by atoms with E-state index in [1.807, 2.05) is 6.07 Å². The molecule has 4 aliphatic rings. The zero-order valence-electron chi connectivity index (χ0n) is 26.6. The Balaban J connectivity index is 1.07. The Morgan fingerprint density at radius 2 is 1.81 bits per heavy atom. The molecular formula is C34H39N9O4. The molecule has 2 fully saturated rings. The van der Waals surface area contributed by atoms with Crippen molar-refractivity contribution in [2.75, 3.05) is 54.4 Å². The van der Waals surface area contributed by atoms with Gasteiger partial charge in [-0.1, -0.05) is 0 Å². The van der Waals surface area contributed by atoms with E-state index in [-0.39, 0.29) is 24.3 Å². The van der Waals surface area contributed by atoms with E-state index in [4.69, 9.17) is 9.72 Å². The van der Waals surface area contributed by atoms with Crippen molar-refractivity contribution in [2.24, 2.45) is 7.05 Å². The summed E-state index contributed by atoms with van der Waals surface area (Å²) in [5.74, 6) is 1.60. The van der Waals surface area contributed by atoms with Crippen LogP contribution in [0.4, 0.5) is 23.1 Å². The highest BCUT2D eigenvalue weighted by Gasteiger charge is 2.33. The third-order valence-electron chi connectivity index (χ3n) is 10.1. The lowest BCUT2D eigenvalue weighted by Gasteiger charge is -2.42. The van der Waals surface area contributed by atoms with Gasteiger partial charge in [-0.2, -0.15) is 0 Å². The minimum absolute atomic E-state index is 0.126. The topological polar surface area (TPSA) is 134 Å². The molecule has 4 aromatic heterocycles. The standard InChI is InChI=1S/C34H39N9O4/c1-39-30(45)7-6-25(38-28-19-37-29(20-36-28)40-11-13-41(14-12-40)31-9-17-47-31)32(39)23-8-10-35-33(24(23)21-44)43-16-15-42-26-5-3-2-4-22(26)18-27(42)34(43)46/h6-8,10,18-20,31,44H,2-5,9,11-17,21H2,1H3,(H,36,38). The van der Waals surface area contributed by atoms with Gasteiger partial charge in [0, 0.05) is 81.8 Å². The van der Waals surface area contributed by atoms with Crippen molar-refractivity contribution in [2.45, 2.75) is 51.5 Å². The molecule has 3 aliphatic heterocycles. The molecule has 0 saturated carbocycles. The van der Waals surface area contributed by atoms with Crippen LogP contribution in [0.1, 0.15) is 46.6 Å². The molecule has 1 amide bonds. The van der Waals surface area contributed by atoms with Crippen LogP contribution in [-0.2, 0) is 37.8 Å². The Kier molecular flexibility index (Phi) is 7.74. The maximum absolute atomic E-state index is 13.9. The fraction of sp³-hybridized carbons (Fsp3) is 0.441. The van der Waals surface area contributed by atoms with Crippen molar-refractivity contribution < 1.29 is 14.6 Å². The number of aromatic nitrogens is 5. The van der Waals surface area contributed by atoms with Gasteiger partial charge in [-0.25, -0.2) is 15.0 Å². The SMILES string of the molecule is Cn1c(-c2ccnc(N3CCn4c(cc5c4CCCC5)C3=O)c2CO)c(Nc2cnc(N3CCN(C4CCO4)CC3)cn2)ccc1=O. The largest absolute Gasteiger partial charge is 0.392 e. The summed E-state index contributed by atoms with van der Waals surface area (Å²) in [5, 5.41) is 14.1. The summed E-state index contributed by atoms with van der Waals surface area (Å²) in [4.78, 5) is 47.0. The Morgan fingerprint density at radius 1 is 0.979 bits per heavy atom. The van der Waals surface area contributed by atoms with Gasteiger partial charge in [0.2, 0.25) is 0 Å². The number of anilines is 4. The first-order valence-electron chi connectivity index (χ1n) is 16.5. The molecule has 1 atom stereocenters. The van der Waals surface area contributed by atoms with Crippen LogP contribution < -0.4 is 20.7 Å². The smallest absolute Gasteiger partial charge is 0.276 e. The molecule has 2 N–H and O–H groups in total. The van der Waals surface area contributed by atoms with Crippen molar-refractivity contribution in [1.29, 1.82) is 0 Å². The number of carbonyl (C=O) groups excluding carboxylic acids is 1.